The molecule has 1 aromatic carbocycles. The average Bonchev–Trinajstić information content (AvgIpc) is 2.62. The SMILES string of the molecule is Nc1ncc(-c2ccc(CS(=O)[O-])cc2)cc1-c1ccc(CO)nc1. The van der Waals surface area contributed by atoms with E-state index in [1.807, 2.05) is 24.3 Å². The Morgan fingerprint density at radius 2 is 1.68 bits per heavy atom. The zero-order valence-corrected chi connectivity index (χ0v) is 14.1. The number of hydrogen-bond acceptors (Lipinski definition) is 6. The van der Waals surface area contributed by atoms with Gasteiger partial charge in [0, 0.05) is 34.8 Å². The maximum atomic E-state index is 10.8. The summed E-state index contributed by atoms with van der Waals surface area (Å²) in [6.07, 6.45) is 3.32. The third kappa shape index (κ3) is 4.08. The van der Waals surface area contributed by atoms with E-state index in [1.54, 1.807) is 30.6 Å². The van der Waals surface area contributed by atoms with Crippen LogP contribution >= 0.6 is 0 Å². The van der Waals surface area contributed by atoms with Gasteiger partial charge in [-0.25, -0.2) is 4.98 Å². The Bertz CT molecular complexity index is 896. The lowest BCUT2D eigenvalue weighted by Crippen LogP contribution is -1.97. The molecular formula is C18H16N3O3S-. The van der Waals surface area contributed by atoms with Crippen LogP contribution in [0.3, 0.4) is 0 Å². The number of aromatic nitrogens is 2. The molecule has 0 bridgehead atoms. The Balaban J connectivity index is 1.94. The third-order valence-electron chi connectivity index (χ3n) is 3.79. The maximum absolute atomic E-state index is 10.8. The fraction of sp³-hybridized carbons (Fsp3) is 0.111. The van der Waals surface area contributed by atoms with Crippen LogP contribution in [0.1, 0.15) is 11.3 Å². The van der Waals surface area contributed by atoms with Crippen molar-refractivity contribution in [3.8, 4) is 22.3 Å². The number of hydrogen-bond donors (Lipinski definition) is 2. The van der Waals surface area contributed by atoms with E-state index in [-0.39, 0.29) is 12.4 Å². The van der Waals surface area contributed by atoms with Gasteiger partial charge in [0.25, 0.3) is 0 Å². The Kier molecular flexibility index (Phi) is 5.18. The molecule has 0 saturated carbocycles. The van der Waals surface area contributed by atoms with Gasteiger partial charge >= 0.3 is 0 Å². The minimum Gasteiger partial charge on any atom is -0.772 e. The lowest BCUT2D eigenvalue weighted by atomic mass is 10.0. The fourth-order valence-electron chi connectivity index (χ4n) is 2.47. The van der Waals surface area contributed by atoms with Gasteiger partial charge in [-0.15, -0.1) is 0 Å². The molecule has 6 nitrogen and oxygen atoms in total. The van der Waals surface area contributed by atoms with Gasteiger partial charge in [-0.2, -0.15) is 0 Å². The number of benzene rings is 1. The predicted octanol–water partition coefficient (Wildman–Crippen LogP) is 2.26. The zero-order valence-electron chi connectivity index (χ0n) is 13.3. The number of nitrogens with zero attached hydrogens (tertiary/aromatic N) is 2. The summed E-state index contributed by atoms with van der Waals surface area (Å²) < 4.78 is 21.5. The Hall–Kier alpha value is -2.61. The predicted molar refractivity (Wildman–Crippen MR) is 95.9 cm³/mol. The molecule has 2 heterocycles. The Morgan fingerprint density at radius 1 is 1.00 bits per heavy atom. The highest BCUT2D eigenvalue weighted by Gasteiger charge is 2.08. The van der Waals surface area contributed by atoms with E-state index in [2.05, 4.69) is 9.97 Å². The van der Waals surface area contributed by atoms with Crippen molar-refractivity contribution in [3.05, 3.63) is 66.1 Å². The molecule has 0 fully saturated rings. The van der Waals surface area contributed by atoms with Crippen molar-refractivity contribution in [2.24, 2.45) is 0 Å². The van der Waals surface area contributed by atoms with Gasteiger partial charge < -0.3 is 15.4 Å². The number of nitrogens with two attached hydrogens (primary N) is 1. The summed E-state index contributed by atoms with van der Waals surface area (Å²) in [6.45, 7) is -0.117. The van der Waals surface area contributed by atoms with Gasteiger partial charge in [-0.1, -0.05) is 41.4 Å². The summed E-state index contributed by atoms with van der Waals surface area (Å²) in [5.74, 6) is 0.384. The van der Waals surface area contributed by atoms with Gasteiger partial charge in [0.2, 0.25) is 0 Å². The highest BCUT2D eigenvalue weighted by Crippen LogP contribution is 2.29. The van der Waals surface area contributed by atoms with Crippen molar-refractivity contribution in [3.63, 3.8) is 0 Å². The highest BCUT2D eigenvalue weighted by atomic mass is 32.2. The van der Waals surface area contributed by atoms with Crippen LogP contribution in [-0.4, -0.2) is 23.8 Å². The standard InChI is InChI=1S/C18H17N3O3S/c19-18-17(14-5-6-16(10-22)20-8-14)7-15(9-21-18)13-3-1-12(2-4-13)11-25(23)24/h1-9,22H,10-11H2,(H2,19,21)(H,23,24)/p-1. The van der Waals surface area contributed by atoms with E-state index < -0.39 is 11.1 Å². The van der Waals surface area contributed by atoms with Crippen molar-refractivity contribution in [2.45, 2.75) is 12.4 Å². The summed E-state index contributed by atoms with van der Waals surface area (Å²) in [6, 6.07) is 12.7. The summed E-state index contributed by atoms with van der Waals surface area (Å²) in [4.78, 5) is 8.41. The molecule has 0 spiro atoms. The minimum absolute atomic E-state index is 0.00556. The number of anilines is 1. The van der Waals surface area contributed by atoms with E-state index in [0.717, 1.165) is 27.8 Å². The first-order valence-electron chi connectivity index (χ1n) is 7.53. The first-order chi connectivity index (χ1) is 12.1. The van der Waals surface area contributed by atoms with Crippen LogP contribution in [0.15, 0.2) is 54.9 Å². The zero-order chi connectivity index (χ0) is 17.8. The van der Waals surface area contributed by atoms with Gasteiger partial charge in [0.05, 0.1) is 12.3 Å². The van der Waals surface area contributed by atoms with Gasteiger partial charge in [-0.05, 0) is 23.3 Å². The number of pyridine rings is 2. The monoisotopic (exact) mass is 354 g/mol. The van der Waals surface area contributed by atoms with E-state index in [1.165, 1.54) is 0 Å². The van der Waals surface area contributed by atoms with Crippen molar-refractivity contribution >= 4 is 16.9 Å². The summed E-state index contributed by atoms with van der Waals surface area (Å²) in [5.41, 5.74) is 10.6. The molecule has 25 heavy (non-hydrogen) atoms. The van der Waals surface area contributed by atoms with Crippen LogP contribution in [0, 0.1) is 0 Å². The van der Waals surface area contributed by atoms with E-state index in [9.17, 15) is 8.76 Å². The Labute approximate surface area is 147 Å². The molecule has 7 heteroatoms. The number of aliphatic hydroxyl groups excluding tert-OH is 1. The molecule has 0 radical (unpaired) electrons. The quantitative estimate of drug-likeness (QED) is 0.680. The summed E-state index contributed by atoms with van der Waals surface area (Å²) in [7, 11) is 0. The molecule has 0 aliphatic heterocycles. The molecule has 0 aliphatic rings. The summed E-state index contributed by atoms with van der Waals surface area (Å²) in [5, 5.41) is 9.09. The smallest absolute Gasteiger partial charge is 0.131 e. The normalized spacial score (nSPS) is 12.1. The molecule has 0 aliphatic carbocycles. The van der Waals surface area contributed by atoms with Crippen LogP contribution in [-0.2, 0) is 23.4 Å². The van der Waals surface area contributed by atoms with Gasteiger partial charge in [-0.3, -0.25) is 9.19 Å². The van der Waals surface area contributed by atoms with Crippen molar-refractivity contribution < 1.29 is 13.9 Å². The number of nitrogen functional groups attached to an aromatic ring is 1. The molecule has 3 aromatic rings. The van der Waals surface area contributed by atoms with Crippen LogP contribution < -0.4 is 5.73 Å². The topological polar surface area (TPSA) is 112 Å². The van der Waals surface area contributed by atoms with Gasteiger partial charge in [0.1, 0.15) is 5.82 Å². The number of rotatable bonds is 5. The van der Waals surface area contributed by atoms with E-state index in [0.29, 0.717) is 11.5 Å². The number of aliphatic hydroxyl groups is 1. The van der Waals surface area contributed by atoms with Crippen LogP contribution in [0.25, 0.3) is 22.3 Å². The first kappa shape index (κ1) is 17.2. The van der Waals surface area contributed by atoms with E-state index >= 15 is 0 Å². The molecule has 0 saturated heterocycles. The van der Waals surface area contributed by atoms with Crippen LogP contribution in [0.4, 0.5) is 5.82 Å². The molecule has 128 valence electrons. The highest BCUT2D eigenvalue weighted by molar-refractivity contribution is 7.78. The minimum atomic E-state index is -2.11. The van der Waals surface area contributed by atoms with E-state index in [4.69, 9.17) is 10.8 Å². The molecule has 0 amide bonds. The molecular weight excluding hydrogens is 338 g/mol. The van der Waals surface area contributed by atoms with Crippen LogP contribution in [0.5, 0.6) is 0 Å². The second-order valence-corrected chi connectivity index (χ2v) is 6.39. The van der Waals surface area contributed by atoms with Crippen molar-refractivity contribution in [2.75, 3.05) is 5.73 Å². The molecule has 3 N–H and O–H groups in total. The molecule has 3 rings (SSSR count). The average molecular weight is 354 g/mol. The van der Waals surface area contributed by atoms with Gasteiger partial charge in [0.15, 0.2) is 0 Å². The molecule has 2 aromatic heterocycles. The maximum Gasteiger partial charge on any atom is 0.131 e. The lowest BCUT2D eigenvalue weighted by Gasteiger charge is -2.10. The van der Waals surface area contributed by atoms with Crippen LogP contribution in [0.2, 0.25) is 0 Å². The van der Waals surface area contributed by atoms with Crippen molar-refractivity contribution in [1.82, 2.24) is 9.97 Å². The third-order valence-corrected chi connectivity index (χ3v) is 4.36. The lowest BCUT2D eigenvalue weighted by molar-refractivity contribution is 0.277. The first-order valence-corrected chi connectivity index (χ1v) is 8.78. The largest absolute Gasteiger partial charge is 0.772 e. The molecule has 1 atom stereocenters. The second-order valence-electron chi connectivity index (χ2n) is 5.50. The summed E-state index contributed by atoms with van der Waals surface area (Å²) >= 11 is -2.11. The Morgan fingerprint density at radius 3 is 2.28 bits per heavy atom. The second kappa shape index (κ2) is 7.52. The molecule has 1 unspecified atom stereocenters. The van der Waals surface area contributed by atoms with Crippen molar-refractivity contribution in [1.29, 1.82) is 0 Å². The fourth-order valence-corrected chi connectivity index (χ4v) is 2.94.